The molecule has 0 saturated heterocycles. The summed E-state index contributed by atoms with van der Waals surface area (Å²) in [5.74, 6) is 2.37. The van der Waals surface area contributed by atoms with Gasteiger partial charge in [-0.25, -0.2) is 0 Å². The quantitative estimate of drug-likeness (QED) is 0.914. The molecule has 3 nitrogen and oxygen atoms in total. The first-order valence-electron chi connectivity index (χ1n) is 7.29. The fourth-order valence-electron chi connectivity index (χ4n) is 2.92. The molecule has 21 heavy (non-hydrogen) atoms. The van der Waals surface area contributed by atoms with Crippen LogP contribution in [0.1, 0.15) is 30.1 Å². The largest absolute Gasteiger partial charge is 0.495 e. The minimum atomic E-state index is 0.183. The van der Waals surface area contributed by atoms with Crippen LogP contribution in [-0.2, 0) is 0 Å². The minimum Gasteiger partial charge on any atom is -0.495 e. The van der Waals surface area contributed by atoms with Crippen molar-refractivity contribution in [2.75, 3.05) is 19.4 Å². The average molecular weight is 300 g/mol. The third kappa shape index (κ3) is 2.78. The van der Waals surface area contributed by atoms with Gasteiger partial charge in [-0.15, -0.1) is 11.8 Å². The third-order valence-electron chi connectivity index (χ3n) is 3.88. The van der Waals surface area contributed by atoms with Gasteiger partial charge in [-0.05, 0) is 30.3 Å². The molecule has 0 aliphatic carbocycles. The van der Waals surface area contributed by atoms with Crippen LogP contribution in [0, 0.1) is 0 Å². The molecule has 0 fully saturated rings. The highest BCUT2D eigenvalue weighted by Gasteiger charge is 2.33. The van der Waals surface area contributed by atoms with Crippen molar-refractivity contribution in [2.24, 2.45) is 0 Å². The number of ether oxygens (including phenoxy) is 1. The van der Waals surface area contributed by atoms with Crippen molar-refractivity contribution < 1.29 is 4.74 Å². The summed E-state index contributed by atoms with van der Waals surface area (Å²) < 4.78 is 5.51. The summed E-state index contributed by atoms with van der Waals surface area (Å²) in [4.78, 5) is 5.98. The van der Waals surface area contributed by atoms with Gasteiger partial charge < -0.3 is 10.1 Å². The Balaban J connectivity index is 2.00. The first-order chi connectivity index (χ1) is 10.3. The van der Waals surface area contributed by atoms with Crippen molar-refractivity contribution in [2.45, 2.75) is 23.8 Å². The minimum absolute atomic E-state index is 0.183. The second kappa shape index (κ2) is 6.50. The lowest BCUT2D eigenvalue weighted by atomic mass is 9.90. The van der Waals surface area contributed by atoms with E-state index in [0.717, 1.165) is 23.7 Å². The van der Waals surface area contributed by atoms with Crippen molar-refractivity contribution in [1.82, 2.24) is 10.3 Å². The Morgan fingerprint density at radius 1 is 1.33 bits per heavy atom. The Morgan fingerprint density at radius 2 is 2.19 bits per heavy atom. The Kier molecular flexibility index (Phi) is 4.46. The van der Waals surface area contributed by atoms with Crippen molar-refractivity contribution in [3.8, 4) is 5.75 Å². The number of nitrogens with one attached hydrogen (secondary N) is 1. The topological polar surface area (TPSA) is 34.2 Å². The second-order valence-electron chi connectivity index (χ2n) is 5.08. The van der Waals surface area contributed by atoms with Gasteiger partial charge in [0.05, 0.1) is 18.8 Å². The van der Waals surface area contributed by atoms with Crippen LogP contribution in [0.15, 0.2) is 47.5 Å². The number of aromatic nitrogens is 1. The van der Waals surface area contributed by atoms with Crippen molar-refractivity contribution in [3.05, 3.63) is 53.9 Å². The van der Waals surface area contributed by atoms with E-state index in [-0.39, 0.29) is 6.04 Å². The molecule has 0 spiro atoms. The summed E-state index contributed by atoms with van der Waals surface area (Å²) in [6.07, 6.45) is 1.84. The molecule has 0 radical (unpaired) electrons. The molecule has 2 aromatic rings. The van der Waals surface area contributed by atoms with Gasteiger partial charge in [0.2, 0.25) is 0 Å². The summed E-state index contributed by atoms with van der Waals surface area (Å²) in [7, 11) is 1.71. The maximum absolute atomic E-state index is 5.51. The number of hydrogen-bond acceptors (Lipinski definition) is 4. The summed E-state index contributed by atoms with van der Waals surface area (Å²) >= 11 is 1.93. The van der Waals surface area contributed by atoms with E-state index in [1.807, 2.05) is 30.1 Å². The molecule has 0 bridgehead atoms. The van der Waals surface area contributed by atoms with E-state index in [1.54, 1.807) is 7.11 Å². The van der Waals surface area contributed by atoms with Crippen LogP contribution >= 0.6 is 11.8 Å². The van der Waals surface area contributed by atoms with Gasteiger partial charge in [-0.3, -0.25) is 4.98 Å². The van der Waals surface area contributed by atoms with E-state index < -0.39 is 0 Å². The molecule has 4 heteroatoms. The van der Waals surface area contributed by atoms with E-state index in [0.29, 0.717) is 5.92 Å². The fraction of sp³-hybridized carbons (Fsp3) is 0.353. The van der Waals surface area contributed by atoms with Gasteiger partial charge in [0.1, 0.15) is 5.75 Å². The lowest BCUT2D eigenvalue weighted by Gasteiger charge is -2.25. The predicted molar refractivity (Wildman–Crippen MR) is 87.1 cm³/mol. The number of rotatable bonds is 5. The van der Waals surface area contributed by atoms with Gasteiger partial charge in [0, 0.05) is 22.8 Å². The van der Waals surface area contributed by atoms with Crippen molar-refractivity contribution >= 4 is 11.8 Å². The number of benzene rings is 1. The van der Waals surface area contributed by atoms with Crippen LogP contribution in [0.5, 0.6) is 5.75 Å². The monoisotopic (exact) mass is 300 g/mol. The highest BCUT2D eigenvalue weighted by Crippen LogP contribution is 2.46. The molecule has 1 aliphatic heterocycles. The van der Waals surface area contributed by atoms with Crippen LogP contribution in [0.4, 0.5) is 0 Å². The SMILES string of the molecule is CCNC(c1ncccc1OC)C1CSc2ccccc21. The summed E-state index contributed by atoms with van der Waals surface area (Å²) in [6, 6.07) is 12.8. The Bertz CT molecular complexity index is 617. The number of nitrogens with zero attached hydrogens (tertiary/aromatic N) is 1. The van der Waals surface area contributed by atoms with Gasteiger partial charge in [0.25, 0.3) is 0 Å². The smallest absolute Gasteiger partial charge is 0.142 e. The zero-order valence-electron chi connectivity index (χ0n) is 12.4. The highest BCUT2D eigenvalue weighted by atomic mass is 32.2. The Hall–Kier alpha value is -1.52. The zero-order chi connectivity index (χ0) is 14.7. The molecule has 0 saturated carbocycles. The number of likely N-dealkylation sites (N-methyl/N-ethyl adjacent to an activating group) is 1. The van der Waals surface area contributed by atoms with Crippen molar-refractivity contribution in [1.29, 1.82) is 0 Å². The van der Waals surface area contributed by atoms with Gasteiger partial charge in [-0.1, -0.05) is 25.1 Å². The number of hydrogen-bond donors (Lipinski definition) is 1. The number of pyridine rings is 1. The standard InChI is InChI=1S/C17H20N2OS/c1-3-18-16(17-14(20-2)8-6-10-19-17)13-11-21-15-9-5-4-7-12(13)15/h4-10,13,16,18H,3,11H2,1-2H3. The van der Waals surface area contributed by atoms with E-state index in [2.05, 4.69) is 41.5 Å². The van der Waals surface area contributed by atoms with Crippen LogP contribution in [-0.4, -0.2) is 24.4 Å². The molecular weight excluding hydrogens is 280 g/mol. The van der Waals surface area contributed by atoms with Crippen LogP contribution in [0.3, 0.4) is 0 Å². The first kappa shape index (κ1) is 14.4. The number of methoxy groups -OCH3 is 1. The van der Waals surface area contributed by atoms with Crippen molar-refractivity contribution in [3.63, 3.8) is 0 Å². The summed E-state index contributed by atoms with van der Waals surface area (Å²) in [6.45, 7) is 3.05. The van der Waals surface area contributed by atoms with E-state index in [9.17, 15) is 0 Å². The fourth-order valence-corrected chi connectivity index (χ4v) is 4.21. The zero-order valence-corrected chi connectivity index (χ0v) is 13.2. The van der Waals surface area contributed by atoms with Gasteiger partial charge in [0.15, 0.2) is 0 Å². The number of thioether (sulfide) groups is 1. The molecule has 1 N–H and O–H groups in total. The molecular formula is C17H20N2OS. The maximum atomic E-state index is 5.51. The molecule has 1 aliphatic rings. The maximum Gasteiger partial charge on any atom is 0.142 e. The van der Waals surface area contributed by atoms with Gasteiger partial charge >= 0.3 is 0 Å². The lowest BCUT2D eigenvalue weighted by Crippen LogP contribution is -2.28. The third-order valence-corrected chi connectivity index (χ3v) is 5.09. The molecule has 1 aromatic heterocycles. The first-order valence-corrected chi connectivity index (χ1v) is 8.27. The second-order valence-corrected chi connectivity index (χ2v) is 6.14. The number of fused-ring (bicyclic) bond motifs is 1. The highest BCUT2D eigenvalue weighted by molar-refractivity contribution is 7.99. The van der Waals surface area contributed by atoms with E-state index >= 15 is 0 Å². The molecule has 2 heterocycles. The van der Waals surface area contributed by atoms with Crippen LogP contribution in [0.2, 0.25) is 0 Å². The molecule has 110 valence electrons. The Labute approximate surface area is 130 Å². The van der Waals surface area contributed by atoms with Gasteiger partial charge in [-0.2, -0.15) is 0 Å². The average Bonchev–Trinajstić information content (AvgIpc) is 2.96. The van der Waals surface area contributed by atoms with Crippen LogP contribution < -0.4 is 10.1 Å². The molecule has 1 aromatic carbocycles. The van der Waals surface area contributed by atoms with E-state index in [4.69, 9.17) is 4.74 Å². The molecule has 2 unspecified atom stereocenters. The predicted octanol–water partition coefficient (Wildman–Crippen LogP) is 3.63. The summed E-state index contributed by atoms with van der Waals surface area (Å²) in [5.41, 5.74) is 2.42. The summed E-state index contributed by atoms with van der Waals surface area (Å²) in [5, 5.41) is 3.60. The van der Waals surface area contributed by atoms with Crippen LogP contribution in [0.25, 0.3) is 0 Å². The lowest BCUT2D eigenvalue weighted by molar-refractivity contribution is 0.385. The molecule has 3 rings (SSSR count). The normalized spacial score (nSPS) is 18.3. The molecule has 2 atom stereocenters. The Morgan fingerprint density at radius 3 is 3.00 bits per heavy atom. The van der Waals surface area contributed by atoms with E-state index in [1.165, 1.54) is 10.5 Å². The molecule has 0 amide bonds.